The summed E-state index contributed by atoms with van der Waals surface area (Å²) >= 11 is 0. The van der Waals surface area contributed by atoms with Gasteiger partial charge in [0.2, 0.25) is 0 Å². The van der Waals surface area contributed by atoms with Gasteiger partial charge in [0, 0.05) is 12.0 Å². The highest BCUT2D eigenvalue weighted by Gasteiger charge is 2.60. The summed E-state index contributed by atoms with van der Waals surface area (Å²) in [4.78, 5) is 11.0. The molecule has 2 fully saturated rings. The first-order chi connectivity index (χ1) is 7.44. The minimum Gasteiger partial charge on any atom is -0.479 e. The molecule has 0 amide bonds. The Labute approximate surface area is 94.5 Å². The first kappa shape index (κ1) is 12.0. The lowest BCUT2D eigenvalue weighted by Crippen LogP contribution is -2.46. The van der Waals surface area contributed by atoms with E-state index in [-0.39, 0.29) is 18.6 Å². The summed E-state index contributed by atoms with van der Waals surface area (Å²) < 4.78 is 16.7. The van der Waals surface area contributed by atoms with E-state index in [1.807, 2.05) is 13.8 Å². The smallest absolute Gasteiger partial charge is 0.479 e. The molecule has 2 saturated heterocycles. The Balaban J connectivity index is 2.25. The van der Waals surface area contributed by atoms with E-state index >= 15 is 0 Å². The molecule has 2 aliphatic heterocycles. The number of carboxylic acids is 1. The molecule has 0 aromatic rings. The van der Waals surface area contributed by atoms with Crippen LogP contribution in [0.2, 0.25) is 5.54 Å². The van der Waals surface area contributed by atoms with Gasteiger partial charge in [-0.1, -0.05) is 13.8 Å². The van der Waals surface area contributed by atoms with E-state index < -0.39 is 33.1 Å². The van der Waals surface area contributed by atoms with E-state index in [0.717, 1.165) is 0 Å². The largest absolute Gasteiger partial charge is 0.504 e. The monoisotopic (exact) mass is 248 g/mol. The van der Waals surface area contributed by atoms with E-state index in [1.165, 1.54) is 0 Å². The summed E-state index contributed by atoms with van der Waals surface area (Å²) in [6.07, 6.45) is -2.03. The van der Waals surface area contributed by atoms with Crippen LogP contribution in [0.1, 0.15) is 20.3 Å². The lowest BCUT2D eigenvalue weighted by Gasteiger charge is -2.26. The van der Waals surface area contributed by atoms with Gasteiger partial charge in [0.1, 0.15) is 0 Å². The molecular formula is C9H16O6Si. The molecule has 0 aliphatic carbocycles. The number of hydrogen-bond donors (Lipinski definition) is 2. The van der Waals surface area contributed by atoms with E-state index in [4.69, 9.17) is 18.4 Å². The lowest BCUT2D eigenvalue weighted by molar-refractivity contribution is -0.147. The van der Waals surface area contributed by atoms with Crippen LogP contribution < -0.4 is 0 Å². The molecule has 6 nitrogen and oxygen atoms in total. The SMILES string of the molecule is CC(C)[Si]12OCC(O)CC(O1)C(C(=O)O)O2. The van der Waals surface area contributed by atoms with Crippen LogP contribution in [-0.4, -0.2) is 49.9 Å². The second-order valence-electron chi connectivity index (χ2n) is 4.49. The van der Waals surface area contributed by atoms with E-state index in [2.05, 4.69) is 0 Å². The van der Waals surface area contributed by atoms with Crippen LogP contribution in [0.4, 0.5) is 0 Å². The Bertz CT molecular complexity index is 296. The second kappa shape index (κ2) is 4.08. The summed E-state index contributed by atoms with van der Waals surface area (Å²) in [5, 5.41) is 18.6. The van der Waals surface area contributed by atoms with Crippen LogP contribution in [0.15, 0.2) is 0 Å². The van der Waals surface area contributed by atoms with E-state index in [0.29, 0.717) is 0 Å². The molecule has 0 saturated carbocycles. The number of carboxylic acid groups (broad SMARTS) is 1. The fourth-order valence-electron chi connectivity index (χ4n) is 1.99. The van der Waals surface area contributed by atoms with Gasteiger partial charge in [0.15, 0.2) is 6.10 Å². The zero-order valence-electron chi connectivity index (χ0n) is 9.25. The lowest BCUT2D eigenvalue weighted by atomic mass is 10.1. The molecule has 0 aromatic carbocycles. The number of fused-ring (bicyclic) bond motifs is 2. The molecule has 2 bridgehead atoms. The van der Waals surface area contributed by atoms with E-state index in [9.17, 15) is 9.90 Å². The number of carbonyl (C=O) groups is 1. The molecule has 7 heteroatoms. The molecule has 4 unspecified atom stereocenters. The van der Waals surface area contributed by atoms with Crippen molar-refractivity contribution in [2.75, 3.05) is 6.61 Å². The van der Waals surface area contributed by atoms with Gasteiger partial charge in [-0.2, -0.15) is 0 Å². The molecule has 2 N–H and O–H groups in total. The van der Waals surface area contributed by atoms with Gasteiger partial charge in [0.05, 0.1) is 18.8 Å². The average Bonchev–Trinajstić information content (AvgIpc) is 2.45. The molecule has 0 spiro atoms. The summed E-state index contributed by atoms with van der Waals surface area (Å²) in [7, 11) is -2.92. The second-order valence-corrected chi connectivity index (χ2v) is 7.61. The molecule has 4 atom stereocenters. The van der Waals surface area contributed by atoms with E-state index in [1.54, 1.807) is 0 Å². The number of hydrogen-bond acceptors (Lipinski definition) is 5. The molecule has 0 radical (unpaired) electrons. The van der Waals surface area contributed by atoms with Gasteiger partial charge in [-0.15, -0.1) is 0 Å². The normalized spacial score (nSPS) is 43.4. The molecule has 92 valence electrons. The van der Waals surface area contributed by atoms with Gasteiger partial charge in [-0.3, -0.25) is 0 Å². The number of aliphatic carboxylic acids is 1. The average molecular weight is 248 g/mol. The Morgan fingerprint density at radius 1 is 1.44 bits per heavy atom. The summed E-state index contributed by atoms with van der Waals surface area (Å²) in [5.41, 5.74) is -0.00958. The maximum absolute atomic E-state index is 11.0. The Hall–Kier alpha value is -0.473. The Morgan fingerprint density at radius 3 is 2.69 bits per heavy atom. The highest BCUT2D eigenvalue weighted by Crippen LogP contribution is 2.38. The standard InChI is InChI=1S/C9H16O6Si/c1-5(2)16-13-4-6(10)3-7(14-16)8(15-16)9(11)12/h5-8,10H,3-4H2,1-2H3,(H,11,12). The Kier molecular flexibility index (Phi) is 3.06. The van der Waals surface area contributed by atoms with Crippen molar-refractivity contribution in [2.24, 2.45) is 0 Å². The number of rotatable bonds is 2. The summed E-state index contributed by atoms with van der Waals surface area (Å²) in [6.45, 7) is 3.92. The molecule has 0 aromatic heterocycles. The molecular weight excluding hydrogens is 232 g/mol. The van der Waals surface area contributed by atoms with Gasteiger partial charge in [-0.05, 0) is 0 Å². The third-order valence-corrected chi connectivity index (χ3v) is 6.07. The quantitative estimate of drug-likeness (QED) is 0.668. The Morgan fingerprint density at radius 2 is 2.12 bits per heavy atom. The summed E-state index contributed by atoms with van der Waals surface area (Å²) in [6, 6.07) is 0. The topological polar surface area (TPSA) is 85.2 Å². The molecule has 16 heavy (non-hydrogen) atoms. The van der Waals surface area contributed by atoms with Crippen molar-refractivity contribution in [1.82, 2.24) is 0 Å². The highest BCUT2D eigenvalue weighted by atomic mass is 28.4. The third-order valence-electron chi connectivity index (χ3n) is 2.88. The summed E-state index contributed by atoms with van der Waals surface area (Å²) in [5.74, 6) is -1.06. The minimum atomic E-state index is -2.92. The molecule has 2 aliphatic rings. The van der Waals surface area contributed by atoms with Gasteiger partial charge < -0.3 is 23.5 Å². The van der Waals surface area contributed by atoms with Crippen LogP contribution in [0.3, 0.4) is 0 Å². The molecule has 2 rings (SSSR count). The van der Waals surface area contributed by atoms with Crippen LogP contribution in [0, 0.1) is 0 Å². The molecule has 2 heterocycles. The minimum absolute atomic E-state index is 0.00958. The first-order valence-electron chi connectivity index (χ1n) is 5.35. The van der Waals surface area contributed by atoms with Gasteiger partial charge >= 0.3 is 14.8 Å². The van der Waals surface area contributed by atoms with Crippen molar-refractivity contribution in [3.63, 3.8) is 0 Å². The highest BCUT2D eigenvalue weighted by molar-refractivity contribution is 6.63. The predicted octanol–water partition coefficient (Wildman–Crippen LogP) is -0.0149. The number of aliphatic hydroxyl groups is 1. The van der Waals surface area contributed by atoms with Crippen molar-refractivity contribution in [3.05, 3.63) is 0 Å². The maximum atomic E-state index is 11.0. The zero-order chi connectivity index (χ0) is 11.9. The van der Waals surface area contributed by atoms with Crippen LogP contribution >= 0.6 is 0 Å². The third kappa shape index (κ3) is 1.89. The first-order valence-corrected chi connectivity index (χ1v) is 7.15. The van der Waals surface area contributed by atoms with Crippen molar-refractivity contribution in [3.8, 4) is 0 Å². The van der Waals surface area contributed by atoms with Crippen LogP contribution in [0.25, 0.3) is 0 Å². The van der Waals surface area contributed by atoms with Gasteiger partial charge in [-0.25, -0.2) is 4.79 Å². The number of aliphatic hydroxyl groups excluding tert-OH is 1. The van der Waals surface area contributed by atoms with Crippen molar-refractivity contribution in [2.45, 2.75) is 44.1 Å². The zero-order valence-corrected chi connectivity index (χ0v) is 10.3. The van der Waals surface area contributed by atoms with Crippen molar-refractivity contribution >= 4 is 14.8 Å². The van der Waals surface area contributed by atoms with Crippen molar-refractivity contribution in [1.29, 1.82) is 0 Å². The fraction of sp³-hybridized carbons (Fsp3) is 0.889. The van der Waals surface area contributed by atoms with Gasteiger partial charge in [0.25, 0.3) is 0 Å². The van der Waals surface area contributed by atoms with Crippen LogP contribution in [0.5, 0.6) is 0 Å². The van der Waals surface area contributed by atoms with Crippen LogP contribution in [-0.2, 0) is 18.1 Å². The van der Waals surface area contributed by atoms with Crippen molar-refractivity contribution < 1.29 is 28.3 Å². The fourth-order valence-corrected chi connectivity index (χ4v) is 4.73. The maximum Gasteiger partial charge on any atom is 0.504 e. The predicted molar refractivity (Wildman–Crippen MR) is 54.8 cm³/mol.